The van der Waals surface area contributed by atoms with Crippen molar-refractivity contribution < 1.29 is 13.2 Å². The van der Waals surface area contributed by atoms with Crippen LogP contribution in [0.3, 0.4) is 0 Å². The molecule has 0 spiro atoms. The molecule has 2 aromatic carbocycles. The molecule has 8 nitrogen and oxygen atoms in total. The van der Waals surface area contributed by atoms with E-state index < -0.39 is 10.0 Å². The van der Waals surface area contributed by atoms with Crippen LogP contribution < -0.4 is 5.32 Å². The first-order valence-electron chi connectivity index (χ1n) is 11.3. The molecule has 0 atom stereocenters. The summed E-state index contributed by atoms with van der Waals surface area (Å²) in [6.45, 7) is 1.75. The predicted octanol–water partition coefficient (Wildman–Crippen LogP) is 3.46. The van der Waals surface area contributed by atoms with Gasteiger partial charge in [-0.3, -0.25) is 10.1 Å². The zero-order valence-corrected chi connectivity index (χ0v) is 19.4. The lowest BCUT2D eigenvalue weighted by atomic mass is 10.1. The average Bonchev–Trinajstić information content (AvgIpc) is 3.07. The summed E-state index contributed by atoms with van der Waals surface area (Å²) < 4.78 is 29.0. The maximum absolute atomic E-state index is 12.9. The molecular formula is C24H29N5O3S. The fourth-order valence-corrected chi connectivity index (χ4v) is 5.42. The molecule has 1 aliphatic rings. The molecule has 1 N–H and O–H groups in total. The van der Waals surface area contributed by atoms with Gasteiger partial charge in [-0.1, -0.05) is 55.3 Å². The van der Waals surface area contributed by atoms with E-state index >= 15 is 0 Å². The van der Waals surface area contributed by atoms with Gasteiger partial charge in [0.2, 0.25) is 21.9 Å². The van der Waals surface area contributed by atoms with E-state index in [1.165, 1.54) is 0 Å². The number of carbonyl (C=O) groups is 1. The summed E-state index contributed by atoms with van der Waals surface area (Å²) in [5.74, 6) is 0.0866. The van der Waals surface area contributed by atoms with Gasteiger partial charge in [0.25, 0.3) is 0 Å². The number of anilines is 1. The van der Waals surface area contributed by atoms with E-state index in [1.807, 2.05) is 30.3 Å². The number of amides is 1. The van der Waals surface area contributed by atoms with E-state index in [4.69, 9.17) is 0 Å². The molecule has 0 saturated carbocycles. The Hall–Kier alpha value is -3.04. The lowest BCUT2D eigenvalue weighted by Crippen LogP contribution is -2.31. The maximum atomic E-state index is 12.9. The van der Waals surface area contributed by atoms with Crippen LogP contribution in [0.1, 0.15) is 43.2 Å². The second-order valence-electron chi connectivity index (χ2n) is 8.26. The van der Waals surface area contributed by atoms with Crippen molar-refractivity contribution in [3.05, 3.63) is 72.1 Å². The van der Waals surface area contributed by atoms with Crippen LogP contribution in [-0.4, -0.2) is 46.5 Å². The molecule has 1 fully saturated rings. The first-order chi connectivity index (χ1) is 16.0. The van der Waals surface area contributed by atoms with Crippen molar-refractivity contribution in [2.75, 3.05) is 18.4 Å². The maximum Gasteiger partial charge on any atom is 0.248 e. The summed E-state index contributed by atoms with van der Waals surface area (Å²) in [5, 5.41) is 7.01. The van der Waals surface area contributed by atoms with E-state index in [0.29, 0.717) is 31.0 Å². The standard InChI is InChI=1S/C24H29N5O3S/c30-23(26-24-25-19-28(27-24)18-21-8-4-3-5-9-21)15-12-20-10-13-22(14-11-20)33(31,32)29-16-6-1-2-7-17-29/h3-5,8-11,13-14,19H,1-2,6-7,12,15-18H2,(H,26,27,30). The van der Waals surface area contributed by atoms with Crippen LogP contribution in [0, 0.1) is 0 Å². The molecule has 1 amide bonds. The number of sulfonamides is 1. The molecule has 1 aliphatic heterocycles. The first-order valence-corrected chi connectivity index (χ1v) is 12.8. The number of aryl methyl sites for hydroxylation is 1. The molecule has 0 unspecified atom stereocenters. The van der Waals surface area contributed by atoms with Crippen molar-refractivity contribution in [3.8, 4) is 0 Å². The van der Waals surface area contributed by atoms with Gasteiger partial charge < -0.3 is 0 Å². The van der Waals surface area contributed by atoms with Crippen LogP contribution >= 0.6 is 0 Å². The van der Waals surface area contributed by atoms with Gasteiger partial charge in [0.05, 0.1) is 11.4 Å². The smallest absolute Gasteiger partial charge is 0.248 e. The Kier molecular flexibility index (Phi) is 7.51. The summed E-state index contributed by atoms with van der Waals surface area (Å²) in [4.78, 5) is 16.8. The molecule has 33 heavy (non-hydrogen) atoms. The number of nitrogens with one attached hydrogen (secondary N) is 1. The molecule has 9 heteroatoms. The average molecular weight is 468 g/mol. The molecular weight excluding hydrogens is 438 g/mol. The van der Waals surface area contributed by atoms with Crippen LogP contribution in [0.2, 0.25) is 0 Å². The van der Waals surface area contributed by atoms with Crippen LogP contribution in [0.4, 0.5) is 5.95 Å². The molecule has 174 valence electrons. The van der Waals surface area contributed by atoms with E-state index in [1.54, 1.807) is 39.6 Å². The lowest BCUT2D eigenvalue weighted by Gasteiger charge is -2.20. The lowest BCUT2D eigenvalue weighted by molar-refractivity contribution is -0.116. The molecule has 4 rings (SSSR count). The number of aromatic nitrogens is 3. The van der Waals surface area contributed by atoms with Crippen molar-refractivity contribution in [2.45, 2.75) is 50.0 Å². The second-order valence-corrected chi connectivity index (χ2v) is 10.2. The summed E-state index contributed by atoms with van der Waals surface area (Å²) in [6.07, 6.45) is 6.32. The fourth-order valence-electron chi connectivity index (χ4n) is 3.90. The van der Waals surface area contributed by atoms with Gasteiger partial charge in [0.1, 0.15) is 6.33 Å². The summed E-state index contributed by atoms with van der Waals surface area (Å²) in [5.41, 5.74) is 2.00. The van der Waals surface area contributed by atoms with E-state index in [-0.39, 0.29) is 18.3 Å². The van der Waals surface area contributed by atoms with Crippen molar-refractivity contribution in [1.82, 2.24) is 19.1 Å². The minimum atomic E-state index is -3.46. The molecule has 0 aliphatic carbocycles. The molecule has 0 radical (unpaired) electrons. The first kappa shape index (κ1) is 23.1. The Morgan fingerprint density at radius 1 is 0.909 bits per heavy atom. The molecule has 1 aromatic heterocycles. The van der Waals surface area contributed by atoms with Gasteiger partial charge in [-0.25, -0.2) is 18.1 Å². The highest BCUT2D eigenvalue weighted by molar-refractivity contribution is 7.89. The normalized spacial score (nSPS) is 15.2. The zero-order chi connectivity index (χ0) is 23.1. The van der Waals surface area contributed by atoms with Gasteiger partial charge in [0.15, 0.2) is 0 Å². The van der Waals surface area contributed by atoms with Gasteiger partial charge in [-0.05, 0) is 42.5 Å². The number of benzene rings is 2. The molecule has 3 aromatic rings. The van der Waals surface area contributed by atoms with Crippen LogP contribution in [0.15, 0.2) is 65.8 Å². The third-order valence-corrected chi connectivity index (χ3v) is 7.65. The molecule has 1 saturated heterocycles. The number of carbonyl (C=O) groups excluding carboxylic acids is 1. The monoisotopic (exact) mass is 467 g/mol. The van der Waals surface area contributed by atoms with Gasteiger partial charge in [0, 0.05) is 19.5 Å². The number of nitrogens with zero attached hydrogens (tertiary/aromatic N) is 4. The molecule has 2 heterocycles. The van der Waals surface area contributed by atoms with Crippen LogP contribution in [0.25, 0.3) is 0 Å². The van der Waals surface area contributed by atoms with Crippen molar-refractivity contribution in [1.29, 1.82) is 0 Å². The predicted molar refractivity (Wildman–Crippen MR) is 126 cm³/mol. The third kappa shape index (κ3) is 6.27. The van der Waals surface area contributed by atoms with Gasteiger partial charge in [-0.2, -0.15) is 4.31 Å². The number of rotatable bonds is 8. The quantitative estimate of drug-likeness (QED) is 0.547. The minimum Gasteiger partial charge on any atom is -0.293 e. The number of hydrogen-bond donors (Lipinski definition) is 1. The second kappa shape index (κ2) is 10.7. The Morgan fingerprint density at radius 3 is 2.30 bits per heavy atom. The fraction of sp³-hybridized carbons (Fsp3) is 0.375. The van der Waals surface area contributed by atoms with Crippen LogP contribution in [0.5, 0.6) is 0 Å². The van der Waals surface area contributed by atoms with Crippen LogP contribution in [-0.2, 0) is 27.8 Å². The van der Waals surface area contributed by atoms with E-state index in [9.17, 15) is 13.2 Å². The number of hydrogen-bond acceptors (Lipinski definition) is 5. The highest BCUT2D eigenvalue weighted by atomic mass is 32.2. The summed E-state index contributed by atoms with van der Waals surface area (Å²) >= 11 is 0. The highest BCUT2D eigenvalue weighted by Crippen LogP contribution is 2.21. The summed E-state index contributed by atoms with van der Waals surface area (Å²) in [6, 6.07) is 16.7. The van der Waals surface area contributed by atoms with Gasteiger partial charge >= 0.3 is 0 Å². The van der Waals surface area contributed by atoms with Crippen molar-refractivity contribution in [2.24, 2.45) is 0 Å². The SMILES string of the molecule is O=C(CCc1ccc(S(=O)(=O)N2CCCCCC2)cc1)Nc1ncn(Cc2ccccc2)n1. The third-order valence-electron chi connectivity index (χ3n) is 5.74. The Morgan fingerprint density at radius 2 is 1.61 bits per heavy atom. The van der Waals surface area contributed by atoms with Gasteiger partial charge in [-0.15, -0.1) is 5.10 Å². The Bertz CT molecular complexity index is 1150. The van der Waals surface area contributed by atoms with E-state index in [0.717, 1.165) is 36.8 Å². The summed E-state index contributed by atoms with van der Waals surface area (Å²) in [7, 11) is -3.46. The highest BCUT2D eigenvalue weighted by Gasteiger charge is 2.24. The largest absolute Gasteiger partial charge is 0.293 e. The Balaban J connectivity index is 1.28. The van der Waals surface area contributed by atoms with Crippen molar-refractivity contribution in [3.63, 3.8) is 0 Å². The minimum absolute atomic E-state index is 0.186. The van der Waals surface area contributed by atoms with E-state index in [2.05, 4.69) is 15.4 Å². The molecule has 0 bridgehead atoms. The Labute approximate surface area is 194 Å². The topological polar surface area (TPSA) is 97.2 Å². The zero-order valence-electron chi connectivity index (χ0n) is 18.6. The van der Waals surface area contributed by atoms with Crippen molar-refractivity contribution >= 4 is 21.9 Å².